The number of amides is 4. The number of benzene rings is 2. The number of methoxy groups -OCH3 is 2. The highest BCUT2D eigenvalue weighted by Gasteiger charge is 2.35. The van der Waals surface area contributed by atoms with Gasteiger partial charge in [-0.25, -0.2) is 9.69 Å². The highest BCUT2D eigenvalue weighted by molar-refractivity contribution is 7.11. The normalized spacial score (nSPS) is 14.4. The quantitative estimate of drug-likeness (QED) is 0.408. The van der Waals surface area contributed by atoms with Crippen molar-refractivity contribution in [1.82, 2.24) is 10.2 Å². The lowest BCUT2D eigenvalue weighted by molar-refractivity contribution is -0.127. The van der Waals surface area contributed by atoms with Crippen LogP contribution < -0.4 is 20.1 Å². The van der Waals surface area contributed by atoms with Crippen molar-refractivity contribution in [2.24, 2.45) is 0 Å². The third-order valence-corrected chi connectivity index (χ3v) is 5.85. The summed E-state index contributed by atoms with van der Waals surface area (Å²) in [5.74, 6) is 0.388. The molecule has 0 saturated carbocycles. The van der Waals surface area contributed by atoms with Crippen LogP contribution in [-0.4, -0.2) is 43.5 Å². The highest BCUT2D eigenvalue weighted by Crippen LogP contribution is 2.29. The van der Waals surface area contributed by atoms with Gasteiger partial charge >= 0.3 is 6.03 Å². The van der Waals surface area contributed by atoms with Crippen molar-refractivity contribution in [2.75, 3.05) is 26.1 Å². The van der Waals surface area contributed by atoms with Crippen LogP contribution >= 0.6 is 11.3 Å². The minimum Gasteiger partial charge on any atom is -0.497 e. The molecule has 1 fully saturated rings. The van der Waals surface area contributed by atoms with Crippen LogP contribution in [0.5, 0.6) is 11.5 Å². The number of urea groups is 1. The molecular formula is C24H21N3O5S. The maximum absolute atomic E-state index is 12.7. The summed E-state index contributed by atoms with van der Waals surface area (Å²) in [6, 6.07) is 15.7. The van der Waals surface area contributed by atoms with E-state index in [9.17, 15) is 14.4 Å². The molecule has 1 saturated heterocycles. The largest absolute Gasteiger partial charge is 0.497 e. The van der Waals surface area contributed by atoms with Crippen molar-refractivity contribution in [3.8, 4) is 22.6 Å². The molecule has 1 aliphatic heterocycles. The van der Waals surface area contributed by atoms with Gasteiger partial charge in [-0.15, -0.1) is 11.3 Å². The van der Waals surface area contributed by atoms with E-state index in [-0.39, 0.29) is 5.70 Å². The average molecular weight is 464 g/mol. The predicted octanol–water partition coefficient (Wildman–Crippen LogP) is 3.96. The van der Waals surface area contributed by atoms with Crippen molar-refractivity contribution in [1.29, 1.82) is 0 Å². The van der Waals surface area contributed by atoms with Gasteiger partial charge in [0.05, 0.1) is 14.2 Å². The SMILES string of the molecule is COc1ccc(NC(=O)CN2C(=O)N/C(=C\c3cc(-c4ccc(OC)cc4)cs3)C2=O)cc1. The van der Waals surface area contributed by atoms with Crippen molar-refractivity contribution in [2.45, 2.75) is 0 Å². The van der Waals surface area contributed by atoms with Crippen LogP contribution in [0.1, 0.15) is 4.88 Å². The second-order valence-corrected chi connectivity index (χ2v) is 8.07. The van der Waals surface area contributed by atoms with E-state index >= 15 is 0 Å². The third kappa shape index (κ3) is 5.04. The lowest BCUT2D eigenvalue weighted by Gasteiger charge is -2.12. The van der Waals surface area contributed by atoms with Gasteiger partial charge in [-0.05, 0) is 65.0 Å². The lowest BCUT2D eigenvalue weighted by atomic mass is 10.1. The molecule has 2 aromatic carbocycles. The minimum atomic E-state index is -0.636. The van der Waals surface area contributed by atoms with Gasteiger partial charge < -0.3 is 20.1 Å². The molecule has 0 bridgehead atoms. The van der Waals surface area contributed by atoms with Gasteiger partial charge in [-0.2, -0.15) is 0 Å². The van der Waals surface area contributed by atoms with Crippen LogP contribution in [0.25, 0.3) is 17.2 Å². The Morgan fingerprint density at radius 1 is 1.00 bits per heavy atom. The number of rotatable bonds is 7. The van der Waals surface area contributed by atoms with E-state index < -0.39 is 24.4 Å². The smallest absolute Gasteiger partial charge is 0.329 e. The van der Waals surface area contributed by atoms with Gasteiger partial charge in [-0.3, -0.25) is 9.59 Å². The molecule has 9 heteroatoms. The van der Waals surface area contributed by atoms with Crippen LogP contribution in [0.3, 0.4) is 0 Å². The standard InChI is InChI=1S/C24H21N3O5S/c1-31-18-7-3-15(4-8-18)16-11-20(33-14-16)12-21-23(29)27(24(30)26-21)13-22(28)25-17-5-9-19(32-2)10-6-17/h3-12,14H,13H2,1-2H3,(H,25,28)(H,26,30)/b21-12-. The van der Waals surface area contributed by atoms with Gasteiger partial charge in [0.25, 0.3) is 5.91 Å². The monoisotopic (exact) mass is 463 g/mol. The fraction of sp³-hybridized carbons (Fsp3) is 0.125. The van der Waals surface area contributed by atoms with E-state index in [4.69, 9.17) is 9.47 Å². The molecule has 8 nitrogen and oxygen atoms in total. The van der Waals surface area contributed by atoms with E-state index in [1.165, 1.54) is 11.3 Å². The van der Waals surface area contributed by atoms with E-state index in [1.54, 1.807) is 44.6 Å². The molecule has 1 aliphatic rings. The molecule has 33 heavy (non-hydrogen) atoms. The number of hydrogen-bond acceptors (Lipinski definition) is 6. The molecule has 1 aromatic heterocycles. The number of carbonyl (C=O) groups excluding carboxylic acids is 3. The first-order chi connectivity index (χ1) is 16.0. The number of carbonyl (C=O) groups is 3. The number of nitrogens with one attached hydrogen (secondary N) is 2. The zero-order chi connectivity index (χ0) is 23.4. The Balaban J connectivity index is 1.42. The van der Waals surface area contributed by atoms with Crippen LogP contribution in [0, 0.1) is 0 Å². The van der Waals surface area contributed by atoms with Crippen molar-refractivity contribution in [3.05, 3.63) is 70.6 Å². The predicted molar refractivity (Wildman–Crippen MR) is 126 cm³/mol. The Kier molecular flexibility index (Phi) is 6.41. The first-order valence-electron chi connectivity index (χ1n) is 9.98. The Morgan fingerprint density at radius 3 is 2.27 bits per heavy atom. The summed E-state index contributed by atoms with van der Waals surface area (Å²) in [4.78, 5) is 39.0. The summed E-state index contributed by atoms with van der Waals surface area (Å²) in [5.41, 5.74) is 2.66. The second-order valence-electron chi connectivity index (χ2n) is 7.12. The minimum absolute atomic E-state index is 0.125. The Labute approximate surface area is 194 Å². The molecule has 3 aromatic rings. The van der Waals surface area contributed by atoms with E-state index in [2.05, 4.69) is 10.6 Å². The summed E-state index contributed by atoms with van der Waals surface area (Å²) in [6.07, 6.45) is 1.61. The van der Waals surface area contributed by atoms with E-state index in [1.807, 2.05) is 35.7 Å². The fourth-order valence-electron chi connectivity index (χ4n) is 3.24. The molecule has 0 aliphatic carbocycles. The molecule has 168 valence electrons. The number of hydrogen-bond donors (Lipinski definition) is 2. The van der Waals surface area contributed by atoms with Crippen molar-refractivity contribution < 1.29 is 23.9 Å². The Bertz CT molecular complexity index is 1220. The number of anilines is 1. The molecule has 0 unspecified atom stereocenters. The molecule has 0 radical (unpaired) electrons. The molecule has 2 heterocycles. The van der Waals surface area contributed by atoms with Gasteiger partial charge in [0.15, 0.2) is 0 Å². The molecule has 4 rings (SSSR count). The maximum atomic E-state index is 12.7. The highest BCUT2D eigenvalue weighted by atomic mass is 32.1. The molecule has 2 N–H and O–H groups in total. The van der Waals surface area contributed by atoms with Crippen molar-refractivity contribution in [3.63, 3.8) is 0 Å². The van der Waals surface area contributed by atoms with Crippen LogP contribution in [-0.2, 0) is 9.59 Å². The van der Waals surface area contributed by atoms with Gasteiger partial charge in [0.2, 0.25) is 5.91 Å². The topological polar surface area (TPSA) is 97.0 Å². The summed E-state index contributed by atoms with van der Waals surface area (Å²) < 4.78 is 10.3. The first kappa shape index (κ1) is 22.1. The number of nitrogens with zero attached hydrogens (tertiary/aromatic N) is 1. The van der Waals surface area contributed by atoms with Gasteiger partial charge in [-0.1, -0.05) is 12.1 Å². The fourth-order valence-corrected chi connectivity index (χ4v) is 4.09. The summed E-state index contributed by atoms with van der Waals surface area (Å²) in [5, 5.41) is 7.17. The number of imide groups is 1. The van der Waals surface area contributed by atoms with Crippen molar-refractivity contribution >= 4 is 40.9 Å². The first-order valence-corrected chi connectivity index (χ1v) is 10.9. The van der Waals surface area contributed by atoms with Crippen LogP contribution in [0.15, 0.2) is 65.7 Å². The van der Waals surface area contributed by atoms with Crippen LogP contribution in [0.4, 0.5) is 10.5 Å². The Hall–Kier alpha value is -4.11. The molecule has 0 spiro atoms. The van der Waals surface area contributed by atoms with Crippen LogP contribution in [0.2, 0.25) is 0 Å². The lowest BCUT2D eigenvalue weighted by Crippen LogP contribution is -2.38. The molecular weight excluding hydrogens is 442 g/mol. The number of thiophene rings is 1. The van der Waals surface area contributed by atoms with E-state index in [0.717, 1.165) is 26.7 Å². The summed E-state index contributed by atoms with van der Waals surface area (Å²) in [7, 11) is 3.16. The summed E-state index contributed by atoms with van der Waals surface area (Å²) >= 11 is 1.45. The molecule has 0 atom stereocenters. The van der Waals surface area contributed by atoms with Gasteiger partial charge in [0, 0.05) is 10.6 Å². The summed E-state index contributed by atoms with van der Waals surface area (Å²) in [6.45, 7) is -0.393. The maximum Gasteiger partial charge on any atom is 0.329 e. The molecule has 4 amide bonds. The Morgan fingerprint density at radius 2 is 1.64 bits per heavy atom. The zero-order valence-corrected chi connectivity index (χ0v) is 18.8. The zero-order valence-electron chi connectivity index (χ0n) is 18.0. The average Bonchev–Trinajstić information content (AvgIpc) is 3.40. The van der Waals surface area contributed by atoms with Gasteiger partial charge in [0.1, 0.15) is 23.7 Å². The second kappa shape index (κ2) is 9.58. The number of ether oxygens (including phenoxy) is 2. The third-order valence-electron chi connectivity index (χ3n) is 4.97. The van der Waals surface area contributed by atoms with E-state index in [0.29, 0.717) is 11.4 Å².